The fourth-order valence-corrected chi connectivity index (χ4v) is 3.45. The third-order valence-electron chi connectivity index (χ3n) is 3.67. The molecule has 0 spiro atoms. The first-order chi connectivity index (χ1) is 12.4. The van der Waals surface area contributed by atoms with Gasteiger partial charge in [0.25, 0.3) is 16.8 Å². The average molecular weight is 393 g/mol. The Morgan fingerprint density at radius 2 is 1.92 bits per heavy atom. The van der Waals surface area contributed by atoms with Gasteiger partial charge in [0.2, 0.25) is 0 Å². The van der Waals surface area contributed by atoms with Crippen LogP contribution in [0.25, 0.3) is 6.08 Å². The number of hydrogen-bond acceptors (Lipinski definition) is 5. The van der Waals surface area contributed by atoms with Gasteiger partial charge in [-0.05, 0) is 36.0 Å². The summed E-state index contributed by atoms with van der Waals surface area (Å²) in [6.07, 6.45) is 1.28. The smallest absolute Gasteiger partial charge is 0.268 e. The summed E-state index contributed by atoms with van der Waals surface area (Å²) in [6, 6.07) is 9.92. The highest BCUT2D eigenvalue weighted by Gasteiger charge is 2.36. The number of para-hydroxylation sites is 1. The van der Waals surface area contributed by atoms with E-state index in [1.807, 2.05) is 0 Å². The highest BCUT2D eigenvalue weighted by atomic mass is 35.5. The Morgan fingerprint density at radius 3 is 2.62 bits per heavy atom. The fourth-order valence-electron chi connectivity index (χ4n) is 2.39. The Kier molecular flexibility index (Phi) is 5.06. The highest BCUT2D eigenvalue weighted by Crippen LogP contribution is 2.35. The number of benzene rings is 2. The van der Waals surface area contributed by atoms with Crippen LogP contribution >= 0.6 is 23.4 Å². The number of halogens is 2. The zero-order chi connectivity index (χ0) is 18.8. The molecular weight excluding hydrogens is 383 g/mol. The molecule has 0 saturated carbocycles. The Bertz CT molecular complexity index is 943. The Morgan fingerprint density at radius 1 is 1.19 bits per heavy atom. The van der Waals surface area contributed by atoms with Crippen LogP contribution in [-0.4, -0.2) is 21.0 Å². The number of nitro groups is 1. The van der Waals surface area contributed by atoms with Crippen LogP contribution in [0.1, 0.15) is 11.1 Å². The number of amides is 2. The van der Waals surface area contributed by atoms with Crippen LogP contribution in [0.2, 0.25) is 5.02 Å². The van der Waals surface area contributed by atoms with E-state index in [4.69, 9.17) is 11.6 Å². The van der Waals surface area contributed by atoms with Crippen molar-refractivity contribution in [3.8, 4) is 0 Å². The van der Waals surface area contributed by atoms with Crippen LogP contribution in [0.4, 0.5) is 14.9 Å². The van der Waals surface area contributed by atoms with E-state index in [-0.39, 0.29) is 33.3 Å². The summed E-state index contributed by atoms with van der Waals surface area (Å²) in [6.45, 7) is -0.315. The second-order valence-corrected chi connectivity index (χ2v) is 6.68. The van der Waals surface area contributed by atoms with Gasteiger partial charge in [0.05, 0.1) is 21.9 Å². The predicted octanol–water partition coefficient (Wildman–Crippen LogP) is 4.62. The number of carbonyl (C=O) groups excluding carboxylic acids is 2. The lowest BCUT2D eigenvalue weighted by Crippen LogP contribution is -2.28. The largest absolute Gasteiger partial charge is 0.293 e. The van der Waals surface area contributed by atoms with Crippen molar-refractivity contribution in [2.75, 3.05) is 0 Å². The van der Waals surface area contributed by atoms with E-state index >= 15 is 0 Å². The van der Waals surface area contributed by atoms with Gasteiger partial charge in [-0.1, -0.05) is 29.8 Å². The third kappa shape index (κ3) is 3.47. The lowest BCUT2D eigenvalue weighted by atomic mass is 10.1. The number of carbonyl (C=O) groups is 2. The Hall–Kier alpha value is -2.71. The average Bonchev–Trinajstić information content (AvgIpc) is 2.85. The first-order valence-electron chi connectivity index (χ1n) is 7.30. The summed E-state index contributed by atoms with van der Waals surface area (Å²) >= 11 is 6.58. The molecule has 1 heterocycles. The first kappa shape index (κ1) is 18.1. The summed E-state index contributed by atoms with van der Waals surface area (Å²) in [5.74, 6) is -1.28. The standard InChI is InChI=1S/C17H10ClFN2O4S/c18-12-5-3-6-13(19)11(12)9-20-16(22)15(26-17(20)23)8-10-4-1-2-7-14(10)21(24)25/h1-8H,9H2/b15-8+. The molecule has 0 atom stereocenters. The van der Waals surface area contributed by atoms with Crippen molar-refractivity contribution in [3.63, 3.8) is 0 Å². The predicted molar refractivity (Wildman–Crippen MR) is 96.0 cm³/mol. The SMILES string of the molecule is O=C1S/C(=C/c2ccccc2[N+](=O)[O-])C(=O)N1Cc1c(F)cccc1Cl. The molecular formula is C17H10ClFN2O4S. The molecule has 0 bridgehead atoms. The molecule has 0 radical (unpaired) electrons. The molecule has 26 heavy (non-hydrogen) atoms. The summed E-state index contributed by atoms with van der Waals surface area (Å²) in [5.41, 5.74) is 0.0479. The molecule has 9 heteroatoms. The zero-order valence-electron chi connectivity index (χ0n) is 13.0. The monoisotopic (exact) mass is 392 g/mol. The maximum atomic E-state index is 13.9. The topological polar surface area (TPSA) is 80.5 Å². The second-order valence-electron chi connectivity index (χ2n) is 5.28. The van der Waals surface area contributed by atoms with Gasteiger partial charge >= 0.3 is 0 Å². The van der Waals surface area contributed by atoms with Crippen molar-refractivity contribution in [1.82, 2.24) is 4.90 Å². The fraction of sp³-hybridized carbons (Fsp3) is 0.0588. The van der Waals surface area contributed by atoms with Gasteiger partial charge in [0, 0.05) is 16.7 Å². The molecule has 0 aromatic heterocycles. The van der Waals surface area contributed by atoms with Crippen LogP contribution < -0.4 is 0 Å². The number of rotatable bonds is 4. The van der Waals surface area contributed by atoms with Gasteiger partial charge in [0.1, 0.15) is 5.82 Å². The molecule has 1 fully saturated rings. The quantitative estimate of drug-likeness (QED) is 0.430. The normalized spacial score (nSPS) is 15.8. The van der Waals surface area contributed by atoms with Crippen molar-refractivity contribution in [2.24, 2.45) is 0 Å². The van der Waals surface area contributed by atoms with Gasteiger partial charge in [-0.25, -0.2) is 4.39 Å². The Balaban J connectivity index is 1.91. The van der Waals surface area contributed by atoms with Crippen LogP contribution in [0.5, 0.6) is 0 Å². The van der Waals surface area contributed by atoms with Crippen molar-refractivity contribution < 1.29 is 18.9 Å². The van der Waals surface area contributed by atoms with E-state index in [1.54, 1.807) is 6.07 Å². The maximum absolute atomic E-state index is 13.9. The van der Waals surface area contributed by atoms with E-state index in [9.17, 15) is 24.1 Å². The van der Waals surface area contributed by atoms with Gasteiger partial charge in [-0.15, -0.1) is 0 Å². The number of imide groups is 1. The maximum Gasteiger partial charge on any atom is 0.293 e. The van der Waals surface area contributed by atoms with E-state index in [0.29, 0.717) is 11.8 Å². The first-order valence-corrected chi connectivity index (χ1v) is 8.49. The molecule has 0 aliphatic carbocycles. The van der Waals surface area contributed by atoms with Crippen molar-refractivity contribution in [3.05, 3.63) is 79.5 Å². The summed E-state index contributed by atoms with van der Waals surface area (Å²) in [5, 5.41) is 10.6. The summed E-state index contributed by atoms with van der Waals surface area (Å²) in [4.78, 5) is 36.0. The van der Waals surface area contributed by atoms with E-state index in [0.717, 1.165) is 4.90 Å². The van der Waals surface area contributed by atoms with Crippen LogP contribution in [0, 0.1) is 15.9 Å². The van der Waals surface area contributed by atoms with E-state index in [1.165, 1.54) is 42.5 Å². The minimum absolute atomic E-state index is 0.0248. The third-order valence-corrected chi connectivity index (χ3v) is 4.93. The lowest BCUT2D eigenvalue weighted by molar-refractivity contribution is -0.385. The molecule has 0 unspecified atom stereocenters. The van der Waals surface area contributed by atoms with Crippen LogP contribution in [0.15, 0.2) is 47.4 Å². The number of hydrogen-bond donors (Lipinski definition) is 0. The summed E-state index contributed by atoms with van der Waals surface area (Å²) in [7, 11) is 0. The van der Waals surface area contributed by atoms with Crippen LogP contribution in [-0.2, 0) is 11.3 Å². The Labute approximate surface area is 156 Å². The molecule has 2 amide bonds. The number of nitrogens with zero attached hydrogens (tertiary/aromatic N) is 2. The van der Waals surface area contributed by atoms with Gasteiger partial charge in [-0.3, -0.25) is 24.6 Å². The minimum atomic E-state index is -0.655. The minimum Gasteiger partial charge on any atom is -0.268 e. The van der Waals surface area contributed by atoms with E-state index < -0.39 is 21.9 Å². The van der Waals surface area contributed by atoms with Crippen molar-refractivity contribution in [1.29, 1.82) is 0 Å². The number of thioether (sulfide) groups is 1. The van der Waals surface area contributed by atoms with Crippen molar-refractivity contribution in [2.45, 2.75) is 6.54 Å². The molecule has 2 aromatic carbocycles. The van der Waals surface area contributed by atoms with Gasteiger partial charge in [0.15, 0.2) is 0 Å². The molecule has 132 valence electrons. The molecule has 3 rings (SSSR count). The van der Waals surface area contributed by atoms with Gasteiger partial charge < -0.3 is 0 Å². The van der Waals surface area contributed by atoms with Crippen molar-refractivity contribution >= 4 is 46.3 Å². The second kappa shape index (κ2) is 7.27. The molecule has 0 N–H and O–H groups in total. The molecule has 1 aliphatic heterocycles. The molecule has 2 aromatic rings. The highest BCUT2D eigenvalue weighted by molar-refractivity contribution is 8.18. The molecule has 1 aliphatic rings. The van der Waals surface area contributed by atoms with Crippen LogP contribution in [0.3, 0.4) is 0 Å². The lowest BCUT2D eigenvalue weighted by Gasteiger charge is -2.14. The molecule has 6 nitrogen and oxygen atoms in total. The van der Waals surface area contributed by atoms with E-state index in [2.05, 4.69) is 0 Å². The summed E-state index contributed by atoms with van der Waals surface area (Å²) < 4.78 is 13.9. The number of nitro benzene ring substituents is 1. The molecule has 1 saturated heterocycles. The zero-order valence-corrected chi connectivity index (χ0v) is 14.6. The van der Waals surface area contributed by atoms with Gasteiger partial charge in [-0.2, -0.15) is 0 Å².